The summed E-state index contributed by atoms with van der Waals surface area (Å²) in [5.41, 5.74) is 2.92. The van der Waals surface area contributed by atoms with Crippen LogP contribution in [0.5, 0.6) is 0 Å². The van der Waals surface area contributed by atoms with Gasteiger partial charge in [0.1, 0.15) is 5.82 Å². The van der Waals surface area contributed by atoms with Gasteiger partial charge in [-0.3, -0.25) is 9.59 Å². The monoisotopic (exact) mass is 484 g/mol. The SMILES string of the molecule is CCC(=O)N(c1ccccc1)[C@H]1C[C@@H](C)N(C(=O)c2nc(-c3ccc(F)cc3)no2)c2ccccc21. The van der Waals surface area contributed by atoms with Gasteiger partial charge < -0.3 is 14.3 Å². The first-order valence-electron chi connectivity index (χ1n) is 11.9. The third-order valence-corrected chi connectivity index (χ3v) is 6.41. The lowest BCUT2D eigenvalue weighted by Gasteiger charge is -2.43. The molecule has 0 saturated heterocycles. The van der Waals surface area contributed by atoms with Gasteiger partial charge >= 0.3 is 11.8 Å². The quantitative estimate of drug-likeness (QED) is 0.358. The van der Waals surface area contributed by atoms with Gasteiger partial charge in [-0.05, 0) is 61.4 Å². The van der Waals surface area contributed by atoms with Crippen molar-refractivity contribution in [1.29, 1.82) is 0 Å². The van der Waals surface area contributed by atoms with Crippen LogP contribution >= 0.6 is 0 Å². The number of halogens is 1. The van der Waals surface area contributed by atoms with Gasteiger partial charge in [0.05, 0.1) is 6.04 Å². The number of nitrogens with zero attached hydrogens (tertiary/aromatic N) is 4. The van der Waals surface area contributed by atoms with Crippen LogP contribution in [0.3, 0.4) is 0 Å². The van der Waals surface area contributed by atoms with Crippen molar-refractivity contribution in [3.05, 3.63) is 96.1 Å². The number of hydrogen-bond donors (Lipinski definition) is 0. The molecule has 0 N–H and O–H groups in total. The predicted octanol–water partition coefficient (Wildman–Crippen LogP) is 5.80. The molecule has 2 heterocycles. The van der Waals surface area contributed by atoms with Gasteiger partial charge in [0.2, 0.25) is 11.7 Å². The highest BCUT2D eigenvalue weighted by Crippen LogP contribution is 2.42. The van der Waals surface area contributed by atoms with Crippen LogP contribution in [0.2, 0.25) is 0 Å². The Labute approximate surface area is 208 Å². The first-order valence-corrected chi connectivity index (χ1v) is 11.9. The molecule has 1 aromatic heterocycles. The summed E-state index contributed by atoms with van der Waals surface area (Å²) in [4.78, 5) is 34.5. The number of carbonyl (C=O) groups excluding carboxylic acids is 2. The number of rotatable bonds is 5. The molecule has 7 nitrogen and oxygen atoms in total. The number of aromatic nitrogens is 2. The Balaban J connectivity index is 1.51. The third-order valence-electron chi connectivity index (χ3n) is 6.41. The summed E-state index contributed by atoms with van der Waals surface area (Å²) in [6.07, 6.45) is 0.890. The fraction of sp³-hybridized carbons (Fsp3) is 0.214. The Hall–Kier alpha value is -4.33. The van der Waals surface area contributed by atoms with E-state index in [-0.39, 0.29) is 35.5 Å². The molecule has 1 aliphatic rings. The summed E-state index contributed by atoms with van der Waals surface area (Å²) < 4.78 is 18.6. The number of carbonyl (C=O) groups is 2. The number of anilines is 2. The minimum atomic E-state index is -0.428. The van der Waals surface area contributed by atoms with Crippen molar-refractivity contribution >= 4 is 23.2 Å². The molecular formula is C28H25FN4O3. The van der Waals surface area contributed by atoms with E-state index in [0.717, 1.165) is 11.3 Å². The average Bonchev–Trinajstić information content (AvgIpc) is 3.40. The van der Waals surface area contributed by atoms with Crippen molar-refractivity contribution in [3.63, 3.8) is 0 Å². The number of hydrogen-bond acceptors (Lipinski definition) is 5. The normalized spacial score (nSPS) is 16.9. The molecule has 2 amide bonds. The Morgan fingerprint density at radius 1 is 1.03 bits per heavy atom. The van der Waals surface area contributed by atoms with E-state index in [2.05, 4.69) is 10.1 Å². The Kier molecular flexibility index (Phi) is 6.33. The number of benzene rings is 3. The largest absolute Gasteiger partial charge is 0.328 e. The molecule has 1 aliphatic heterocycles. The fourth-order valence-electron chi connectivity index (χ4n) is 4.72. The van der Waals surface area contributed by atoms with Crippen molar-refractivity contribution in [2.24, 2.45) is 0 Å². The second kappa shape index (κ2) is 9.73. The van der Waals surface area contributed by atoms with Gasteiger partial charge in [-0.25, -0.2) is 4.39 Å². The zero-order valence-corrected chi connectivity index (χ0v) is 20.0. The molecule has 3 aromatic carbocycles. The van der Waals surface area contributed by atoms with Crippen LogP contribution in [0, 0.1) is 5.82 Å². The van der Waals surface area contributed by atoms with E-state index < -0.39 is 5.91 Å². The van der Waals surface area contributed by atoms with Gasteiger partial charge in [0.15, 0.2) is 0 Å². The molecule has 4 aromatic rings. The summed E-state index contributed by atoms with van der Waals surface area (Å²) in [6.45, 7) is 3.79. The van der Waals surface area contributed by atoms with Crippen molar-refractivity contribution in [3.8, 4) is 11.4 Å². The third kappa shape index (κ3) is 4.26. The molecule has 0 radical (unpaired) electrons. The molecule has 2 atom stereocenters. The minimum Gasteiger partial charge on any atom is -0.328 e. The molecule has 0 spiro atoms. The van der Waals surface area contributed by atoms with Crippen molar-refractivity contribution in [2.45, 2.75) is 38.8 Å². The maximum absolute atomic E-state index is 13.6. The van der Waals surface area contributed by atoms with Gasteiger partial charge in [0, 0.05) is 29.4 Å². The molecule has 5 rings (SSSR count). The van der Waals surface area contributed by atoms with E-state index in [1.54, 1.807) is 4.90 Å². The first-order chi connectivity index (χ1) is 17.5. The van der Waals surface area contributed by atoms with Crippen molar-refractivity contribution in [2.75, 3.05) is 9.80 Å². The highest BCUT2D eigenvalue weighted by atomic mass is 19.1. The summed E-state index contributed by atoms with van der Waals surface area (Å²) in [6, 6.07) is 22.3. The van der Waals surface area contributed by atoms with Crippen molar-refractivity contribution in [1.82, 2.24) is 10.1 Å². The van der Waals surface area contributed by atoms with Crippen LogP contribution in [0.4, 0.5) is 15.8 Å². The van der Waals surface area contributed by atoms with Crippen LogP contribution in [0.15, 0.2) is 83.4 Å². The maximum Gasteiger partial charge on any atom is 0.317 e. The Bertz CT molecular complexity index is 1390. The minimum absolute atomic E-state index is 0.00817. The molecule has 0 unspecified atom stereocenters. The Morgan fingerprint density at radius 2 is 1.72 bits per heavy atom. The molecule has 0 saturated carbocycles. The smallest absolute Gasteiger partial charge is 0.317 e. The predicted molar refractivity (Wildman–Crippen MR) is 134 cm³/mol. The highest BCUT2D eigenvalue weighted by molar-refractivity contribution is 6.05. The maximum atomic E-state index is 13.6. The fourth-order valence-corrected chi connectivity index (χ4v) is 4.72. The summed E-state index contributed by atoms with van der Waals surface area (Å²) in [5, 5.41) is 3.92. The van der Waals surface area contributed by atoms with Gasteiger partial charge in [0.25, 0.3) is 0 Å². The molecular weight excluding hydrogens is 459 g/mol. The number of fused-ring (bicyclic) bond motifs is 1. The summed E-state index contributed by atoms with van der Waals surface area (Å²) in [7, 11) is 0. The second-order valence-corrected chi connectivity index (χ2v) is 8.72. The standard InChI is InChI=1S/C28H25FN4O3/c1-3-25(34)33(21-9-5-4-6-10-21)24-17-18(2)32(23-12-8-7-11-22(23)24)28(35)27-30-26(31-36-27)19-13-15-20(29)16-14-19/h4-16,18,24H,3,17H2,1-2H3/t18-,24+/m1/s1. The number of para-hydroxylation sites is 2. The molecule has 0 aliphatic carbocycles. The lowest BCUT2D eigenvalue weighted by Crippen LogP contribution is -2.47. The molecule has 0 fully saturated rings. The van der Waals surface area contributed by atoms with E-state index in [9.17, 15) is 14.0 Å². The van der Waals surface area contributed by atoms with Crippen LogP contribution in [0.1, 0.15) is 49.0 Å². The van der Waals surface area contributed by atoms with Crippen LogP contribution in [-0.2, 0) is 4.79 Å². The zero-order chi connectivity index (χ0) is 25.2. The van der Waals surface area contributed by atoms with Crippen LogP contribution in [0.25, 0.3) is 11.4 Å². The molecule has 182 valence electrons. The van der Waals surface area contributed by atoms with E-state index >= 15 is 0 Å². The van der Waals surface area contributed by atoms with Crippen molar-refractivity contribution < 1.29 is 18.5 Å². The molecule has 0 bridgehead atoms. The first kappa shape index (κ1) is 23.4. The average molecular weight is 485 g/mol. The van der Waals surface area contributed by atoms with Crippen LogP contribution < -0.4 is 9.80 Å². The van der Waals surface area contributed by atoms with Crippen LogP contribution in [-0.4, -0.2) is 28.0 Å². The lowest BCUT2D eigenvalue weighted by molar-refractivity contribution is -0.118. The van der Waals surface area contributed by atoms with Gasteiger partial charge in [-0.1, -0.05) is 48.5 Å². The summed E-state index contributed by atoms with van der Waals surface area (Å²) in [5.74, 6) is -0.744. The van der Waals surface area contributed by atoms with E-state index in [4.69, 9.17) is 4.52 Å². The summed E-state index contributed by atoms with van der Waals surface area (Å²) >= 11 is 0. The highest BCUT2D eigenvalue weighted by Gasteiger charge is 2.39. The van der Waals surface area contributed by atoms with Gasteiger partial charge in [-0.2, -0.15) is 4.98 Å². The van der Waals surface area contributed by atoms with Gasteiger partial charge in [-0.15, -0.1) is 0 Å². The van der Waals surface area contributed by atoms with E-state index in [1.807, 2.05) is 73.3 Å². The van der Waals surface area contributed by atoms with E-state index in [1.165, 1.54) is 24.3 Å². The Morgan fingerprint density at radius 3 is 2.44 bits per heavy atom. The second-order valence-electron chi connectivity index (χ2n) is 8.72. The topological polar surface area (TPSA) is 79.5 Å². The lowest BCUT2D eigenvalue weighted by atomic mass is 9.89. The zero-order valence-electron chi connectivity index (χ0n) is 20.0. The molecule has 8 heteroatoms. The molecule has 36 heavy (non-hydrogen) atoms. The van der Waals surface area contributed by atoms with E-state index in [0.29, 0.717) is 24.1 Å². The number of amides is 2.